The number of nitrogens with zero attached hydrogens (tertiary/aromatic N) is 2. The molecule has 0 bridgehead atoms. The Bertz CT molecular complexity index is 873. The van der Waals surface area contributed by atoms with Crippen molar-refractivity contribution in [1.82, 2.24) is 9.21 Å². The molecule has 0 saturated carbocycles. The number of benzene rings is 1. The van der Waals surface area contributed by atoms with Crippen LogP contribution in [0.4, 0.5) is 0 Å². The number of hydrogen-bond acceptors (Lipinski definition) is 6. The summed E-state index contributed by atoms with van der Waals surface area (Å²) in [7, 11) is -4.98. The fraction of sp³-hybridized carbons (Fsp3) is 0.611. The highest BCUT2D eigenvalue weighted by atomic mass is 32.2. The number of carbonyl (C=O) groups is 1. The van der Waals surface area contributed by atoms with Crippen LogP contribution in [0, 0.1) is 0 Å². The van der Waals surface area contributed by atoms with E-state index in [-0.39, 0.29) is 35.0 Å². The second kappa shape index (κ2) is 9.23. The molecule has 0 spiro atoms. The van der Waals surface area contributed by atoms with E-state index in [1.165, 1.54) is 35.5 Å². The Morgan fingerprint density at radius 3 is 2.21 bits per heavy atom. The van der Waals surface area contributed by atoms with Crippen LogP contribution in [0.5, 0.6) is 5.75 Å². The van der Waals surface area contributed by atoms with E-state index in [4.69, 9.17) is 4.74 Å². The summed E-state index contributed by atoms with van der Waals surface area (Å²) in [5.74, 6) is 0.385. The highest BCUT2D eigenvalue weighted by Crippen LogP contribution is 2.24. The smallest absolute Gasteiger partial charge is 0.243 e. The van der Waals surface area contributed by atoms with Crippen molar-refractivity contribution < 1.29 is 26.4 Å². The summed E-state index contributed by atoms with van der Waals surface area (Å²) >= 11 is 0. The molecule has 1 fully saturated rings. The van der Waals surface area contributed by atoms with Gasteiger partial charge in [-0.2, -0.15) is 4.31 Å². The third kappa shape index (κ3) is 5.68. The number of carbonyl (C=O) groups excluding carboxylic acids is 1. The van der Waals surface area contributed by atoms with Gasteiger partial charge in [0.15, 0.2) is 9.84 Å². The molecule has 2 rings (SSSR count). The first-order valence-corrected chi connectivity index (χ1v) is 12.5. The van der Waals surface area contributed by atoms with Crippen molar-refractivity contribution in [1.29, 1.82) is 0 Å². The third-order valence-corrected chi connectivity index (χ3v) is 8.61. The van der Waals surface area contributed by atoms with Gasteiger partial charge in [-0.1, -0.05) is 6.92 Å². The van der Waals surface area contributed by atoms with E-state index in [1.807, 2.05) is 0 Å². The van der Waals surface area contributed by atoms with Crippen LogP contribution in [0.1, 0.15) is 26.7 Å². The molecule has 1 heterocycles. The van der Waals surface area contributed by atoms with Gasteiger partial charge in [0.05, 0.1) is 10.6 Å². The molecule has 1 aliphatic rings. The van der Waals surface area contributed by atoms with Crippen molar-refractivity contribution in [2.75, 3.05) is 38.2 Å². The van der Waals surface area contributed by atoms with E-state index in [9.17, 15) is 21.6 Å². The topological polar surface area (TPSA) is 101 Å². The highest BCUT2D eigenvalue weighted by molar-refractivity contribution is 7.91. The number of sulfonamides is 1. The van der Waals surface area contributed by atoms with Crippen LogP contribution in [0.15, 0.2) is 29.2 Å². The second-order valence-electron chi connectivity index (χ2n) is 6.82. The van der Waals surface area contributed by atoms with Crippen LogP contribution in [0.2, 0.25) is 0 Å². The van der Waals surface area contributed by atoms with Gasteiger partial charge in [0.2, 0.25) is 15.9 Å². The average molecular weight is 433 g/mol. The largest absolute Gasteiger partial charge is 0.493 e. The maximum atomic E-state index is 12.8. The van der Waals surface area contributed by atoms with E-state index >= 15 is 0 Å². The summed E-state index contributed by atoms with van der Waals surface area (Å²) in [5, 5.41) is 0. The van der Waals surface area contributed by atoms with Gasteiger partial charge >= 0.3 is 0 Å². The van der Waals surface area contributed by atoms with Gasteiger partial charge in [0.1, 0.15) is 12.4 Å². The second-order valence-corrected chi connectivity index (χ2v) is 11.2. The van der Waals surface area contributed by atoms with Gasteiger partial charge < -0.3 is 9.64 Å². The Hall–Kier alpha value is -1.65. The summed E-state index contributed by atoms with van der Waals surface area (Å²) < 4.78 is 55.4. The van der Waals surface area contributed by atoms with Gasteiger partial charge in [0.25, 0.3) is 0 Å². The predicted molar refractivity (Wildman–Crippen MR) is 106 cm³/mol. The third-order valence-electron chi connectivity index (χ3n) is 5.03. The molecule has 0 atom stereocenters. The standard InChI is InChI=1S/C18H28N2O6S2/c1-4-27(22,23)14-13-26-17-5-7-18(8-6-17)28(24,25)20-11-9-16(10-12-20)19(3)15(2)21/h5-8,16H,4,9-14H2,1-3H3. The SMILES string of the molecule is CCS(=O)(=O)CCOc1ccc(S(=O)(=O)N2CCC(N(C)C(C)=O)CC2)cc1. The molecule has 0 aromatic heterocycles. The molecule has 158 valence electrons. The monoisotopic (exact) mass is 432 g/mol. The van der Waals surface area contributed by atoms with Crippen molar-refractivity contribution in [2.24, 2.45) is 0 Å². The number of sulfone groups is 1. The number of ether oxygens (including phenoxy) is 1. The van der Waals surface area contributed by atoms with Crippen molar-refractivity contribution >= 4 is 25.8 Å². The summed E-state index contributed by atoms with van der Waals surface area (Å²) in [5.41, 5.74) is 0. The molecule has 10 heteroatoms. The summed E-state index contributed by atoms with van der Waals surface area (Å²) in [6, 6.07) is 6.04. The summed E-state index contributed by atoms with van der Waals surface area (Å²) in [6.07, 6.45) is 1.20. The first kappa shape index (κ1) is 22.6. The van der Waals surface area contributed by atoms with Gasteiger partial charge in [0, 0.05) is 38.9 Å². The Labute approximate surface area is 167 Å². The summed E-state index contributed by atoms with van der Waals surface area (Å²) in [4.78, 5) is 13.3. The van der Waals surface area contributed by atoms with Gasteiger partial charge in [-0.25, -0.2) is 16.8 Å². The van der Waals surface area contributed by atoms with Gasteiger partial charge in [-0.05, 0) is 37.1 Å². The van der Waals surface area contributed by atoms with Crippen molar-refractivity contribution in [3.8, 4) is 5.75 Å². The maximum Gasteiger partial charge on any atom is 0.243 e. The Balaban J connectivity index is 1.96. The minimum Gasteiger partial charge on any atom is -0.493 e. The van der Waals surface area contributed by atoms with Gasteiger partial charge in [-0.3, -0.25) is 4.79 Å². The molecule has 0 radical (unpaired) electrons. The van der Waals surface area contributed by atoms with E-state index in [2.05, 4.69) is 0 Å². The summed E-state index contributed by atoms with van der Waals surface area (Å²) in [6.45, 7) is 3.83. The average Bonchev–Trinajstić information content (AvgIpc) is 2.67. The number of amides is 1. The predicted octanol–water partition coefficient (Wildman–Crippen LogP) is 1.13. The quantitative estimate of drug-likeness (QED) is 0.610. The molecular formula is C18H28N2O6S2. The minimum absolute atomic E-state index is 0.0244. The Morgan fingerprint density at radius 2 is 1.71 bits per heavy atom. The number of rotatable bonds is 8. The van der Waals surface area contributed by atoms with Crippen LogP contribution in [0.25, 0.3) is 0 Å². The lowest BCUT2D eigenvalue weighted by Crippen LogP contribution is -2.46. The van der Waals surface area contributed by atoms with Crippen molar-refractivity contribution in [2.45, 2.75) is 37.6 Å². The Morgan fingerprint density at radius 1 is 1.14 bits per heavy atom. The molecule has 1 aliphatic heterocycles. The fourth-order valence-corrected chi connectivity index (χ4v) is 5.11. The molecule has 0 aliphatic carbocycles. The zero-order valence-electron chi connectivity index (χ0n) is 16.5. The van der Waals surface area contributed by atoms with Crippen LogP contribution >= 0.6 is 0 Å². The molecular weight excluding hydrogens is 404 g/mol. The van der Waals surface area contributed by atoms with E-state index in [0.29, 0.717) is 31.7 Å². The molecule has 1 saturated heterocycles. The lowest BCUT2D eigenvalue weighted by Gasteiger charge is -2.35. The van der Waals surface area contributed by atoms with Crippen molar-refractivity contribution in [3.05, 3.63) is 24.3 Å². The molecule has 0 N–H and O–H groups in total. The maximum absolute atomic E-state index is 12.8. The lowest BCUT2D eigenvalue weighted by molar-refractivity contribution is -0.130. The van der Waals surface area contributed by atoms with E-state index < -0.39 is 19.9 Å². The molecule has 1 aromatic carbocycles. The van der Waals surface area contributed by atoms with E-state index in [0.717, 1.165) is 0 Å². The van der Waals surface area contributed by atoms with Crippen LogP contribution in [-0.4, -0.2) is 76.2 Å². The zero-order chi connectivity index (χ0) is 20.9. The van der Waals surface area contributed by atoms with E-state index in [1.54, 1.807) is 18.9 Å². The molecule has 1 aromatic rings. The zero-order valence-corrected chi connectivity index (χ0v) is 18.1. The first-order valence-electron chi connectivity index (χ1n) is 9.23. The van der Waals surface area contributed by atoms with Crippen LogP contribution in [-0.2, 0) is 24.7 Å². The molecule has 8 nitrogen and oxygen atoms in total. The highest BCUT2D eigenvalue weighted by Gasteiger charge is 2.31. The van der Waals surface area contributed by atoms with Crippen LogP contribution in [0.3, 0.4) is 0 Å². The fourth-order valence-electron chi connectivity index (χ4n) is 3.01. The number of hydrogen-bond donors (Lipinski definition) is 0. The molecule has 1 amide bonds. The molecule has 0 unspecified atom stereocenters. The van der Waals surface area contributed by atoms with Gasteiger partial charge in [-0.15, -0.1) is 0 Å². The Kier molecular flexibility index (Phi) is 7.46. The minimum atomic E-state index is -3.62. The normalized spacial score (nSPS) is 16.7. The molecule has 28 heavy (non-hydrogen) atoms. The van der Waals surface area contributed by atoms with Crippen LogP contribution < -0.4 is 4.74 Å². The van der Waals surface area contributed by atoms with Crippen molar-refractivity contribution in [3.63, 3.8) is 0 Å². The number of piperidine rings is 1. The first-order chi connectivity index (χ1) is 13.1. The lowest BCUT2D eigenvalue weighted by atomic mass is 10.1.